The summed E-state index contributed by atoms with van der Waals surface area (Å²) in [7, 11) is 0. The molecular formula is C8H6N4O2. The topological polar surface area (TPSA) is 80.9 Å². The van der Waals surface area contributed by atoms with Crippen molar-refractivity contribution in [1.29, 1.82) is 0 Å². The number of hydrogen-bond acceptors (Lipinski definition) is 4. The van der Waals surface area contributed by atoms with Crippen molar-refractivity contribution in [2.45, 2.75) is 0 Å². The first-order valence-electron chi connectivity index (χ1n) is 3.82. The van der Waals surface area contributed by atoms with E-state index in [0.717, 1.165) is 0 Å². The van der Waals surface area contributed by atoms with Gasteiger partial charge in [0.2, 0.25) is 0 Å². The third-order valence-corrected chi connectivity index (χ3v) is 1.62. The molecule has 0 aromatic carbocycles. The highest BCUT2D eigenvalue weighted by atomic mass is 16.4. The van der Waals surface area contributed by atoms with Gasteiger partial charge in [0.1, 0.15) is 12.0 Å². The number of hydrogen-bond donors (Lipinski definition) is 1. The minimum Gasteiger partial charge on any atom is -0.476 e. The number of rotatable bonds is 2. The zero-order valence-corrected chi connectivity index (χ0v) is 7.03. The zero-order valence-electron chi connectivity index (χ0n) is 7.03. The van der Waals surface area contributed by atoms with Crippen molar-refractivity contribution in [3.63, 3.8) is 0 Å². The molecule has 0 spiro atoms. The number of carboxylic acid groups (broad SMARTS) is 1. The Morgan fingerprint density at radius 1 is 1.36 bits per heavy atom. The van der Waals surface area contributed by atoms with Crippen LogP contribution in [0.15, 0.2) is 31.0 Å². The summed E-state index contributed by atoms with van der Waals surface area (Å²) in [6.07, 6.45) is 6.03. The number of carboxylic acids is 1. The summed E-state index contributed by atoms with van der Waals surface area (Å²) in [4.78, 5) is 18.1. The summed E-state index contributed by atoms with van der Waals surface area (Å²) in [6.45, 7) is 0. The van der Waals surface area contributed by atoms with Crippen LogP contribution >= 0.6 is 0 Å². The van der Waals surface area contributed by atoms with Gasteiger partial charge in [0.15, 0.2) is 5.69 Å². The first kappa shape index (κ1) is 8.36. The van der Waals surface area contributed by atoms with E-state index in [9.17, 15) is 4.79 Å². The average Bonchev–Trinajstić information content (AvgIpc) is 2.68. The summed E-state index contributed by atoms with van der Waals surface area (Å²) in [5, 5.41) is 12.5. The normalized spacial score (nSPS) is 10.0. The molecule has 0 amide bonds. The molecule has 2 aromatic rings. The van der Waals surface area contributed by atoms with Gasteiger partial charge in [-0.15, -0.1) is 0 Å². The number of carbonyl (C=O) groups is 1. The van der Waals surface area contributed by atoms with Crippen LogP contribution in [-0.2, 0) is 0 Å². The van der Waals surface area contributed by atoms with Crippen LogP contribution in [0, 0.1) is 0 Å². The first-order chi connectivity index (χ1) is 6.77. The van der Waals surface area contributed by atoms with Gasteiger partial charge in [-0.05, 0) is 6.07 Å². The molecule has 1 N–H and O–H groups in total. The molecule has 6 nitrogen and oxygen atoms in total. The van der Waals surface area contributed by atoms with Crippen molar-refractivity contribution in [2.24, 2.45) is 0 Å². The lowest BCUT2D eigenvalue weighted by Gasteiger charge is -1.97. The molecule has 70 valence electrons. The van der Waals surface area contributed by atoms with E-state index in [1.165, 1.54) is 17.1 Å². The van der Waals surface area contributed by atoms with Gasteiger partial charge < -0.3 is 5.11 Å². The van der Waals surface area contributed by atoms with Crippen molar-refractivity contribution in [3.8, 4) is 5.69 Å². The molecule has 2 aromatic heterocycles. The van der Waals surface area contributed by atoms with Crippen molar-refractivity contribution in [3.05, 3.63) is 36.7 Å². The van der Waals surface area contributed by atoms with Crippen molar-refractivity contribution >= 4 is 5.97 Å². The second-order valence-electron chi connectivity index (χ2n) is 2.55. The summed E-state index contributed by atoms with van der Waals surface area (Å²) in [5.41, 5.74) is 0.619. The van der Waals surface area contributed by atoms with E-state index in [-0.39, 0.29) is 5.69 Å². The standard InChI is InChI=1S/C8H6N4O2/c13-8(14)7-1-2-12(11-7)6-3-9-5-10-4-6/h1-5H,(H,13,14). The van der Waals surface area contributed by atoms with Crippen molar-refractivity contribution < 1.29 is 9.90 Å². The fourth-order valence-corrected chi connectivity index (χ4v) is 0.991. The van der Waals surface area contributed by atoms with Crippen LogP contribution in [-0.4, -0.2) is 30.8 Å². The smallest absolute Gasteiger partial charge is 0.356 e. The highest BCUT2D eigenvalue weighted by Crippen LogP contribution is 2.03. The molecule has 0 fully saturated rings. The fraction of sp³-hybridized carbons (Fsp3) is 0. The lowest BCUT2D eigenvalue weighted by atomic mass is 10.4. The van der Waals surface area contributed by atoms with Gasteiger partial charge in [-0.25, -0.2) is 19.4 Å². The van der Waals surface area contributed by atoms with Crippen LogP contribution in [0.1, 0.15) is 10.5 Å². The molecule has 0 radical (unpaired) electrons. The van der Waals surface area contributed by atoms with Crippen LogP contribution in [0.2, 0.25) is 0 Å². The zero-order chi connectivity index (χ0) is 9.97. The minimum absolute atomic E-state index is 0.00569. The molecule has 0 aliphatic carbocycles. The molecule has 0 saturated carbocycles. The Morgan fingerprint density at radius 3 is 2.64 bits per heavy atom. The van der Waals surface area contributed by atoms with E-state index in [4.69, 9.17) is 5.11 Å². The molecule has 2 rings (SSSR count). The molecule has 0 saturated heterocycles. The lowest BCUT2D eigenvalue weighted by molar-refractivity contribution is 0.0690. The maximum atomic E-state index is 10.5. The van der Waals surface area contributed by atoms with Gasteiger partial charge in [0.05, 0.1) is 12.4 Å². The Hall–Kier alpha value is -2.24. The highest BCUT2D eigenvalue weighted by molar-refractivity contribution is 5.85. The Kier molecular flexibility index (Phi) is 1.94. The first-order valence-corrected chi connectivity index (χ1v) is 3.82. The molecule has 0 unspecified atom stereocenters. The maximum absolute atomic E-state index is 10.5. The molecule has 0 aliphatic rings. The minimum atomic E-state index is -1.06. The highest BCUT2D eigenvalue weighted by Gasteiger charge is 2.07. The van der Waals surface area contributed by atoms with E-state index in [1.54, 1.807) is 18.6 Å². The second-order valence-corrected chi connectivity index (χ2v) is 2.55. The maximum Gasteiger partial charge on any atom is 0.356 e. The Bertz CT molecular complexity index is 451. The van der Waals surface area contributed by atoms with E-state index >= 15 is 0 Å². The largest absolute Gasteiger partial charge is 0.476 e. The van der Waals surface area contributed by atoms with E-state index in [0.29, 0.717) is 5.69 Å². The van der Waals surface area contributed by atoms with Crippen LogP contribution in [0.25, 0.3) is 5.69 Å². The van der Waals surface area contributed by atoms with Gasteiger partial charge in [0, 0.05) is 6.20 Å². The van der Waals surface area contributed by atoms with Crippen LogP contribution in [0.3, 0.4) is 0 Å². The predicted molar refractivity (Wildman–Crippen MR) is 46.1 cm³/mol. The van der Waals surface area contributed by atoms with Crippen LogP contribution < -0.4 is 0 Å². The number of nitrogens with zero attached hydrogens (tertiary/aromatic N) is 4. The van der Waals surface area contributed by atoms with Gasteiger partial charge in [-0.1, -0.05) is 0 Å². The van der Waals surface area contributed by atoms with Crippen LogP contribution in [0.4, 0.5) is 0 Å². The summed E-state index contributed by atoms with van der Waals surface area (Å²) >= 11 is 0. The predicted octanol–water partition coefficient (Wildman–Crippen LogP) is 0.360. The summed E-state index contributed by atoms with van der Waals surface area (Å²) in [5.74, 6) is -1.06. The van der Waals surface area contributed by atoms with Crippen molar-refractivity contribution in [1.82, 2.24) is 19.7 Å². The van der Waals surface area contributed by atoms with Crippen molar-refractivity contribution in [2.75, 3.05) is 0 Å². The van der Waals surface area contributed by atoms with E-state index in [2.05, 4.69) is 15.1 Å². The van der Waals surface area contributed by atoms with E-state index < -0.39 is 5.97 Å². The monoisotopic (exact) mass is 190 g/mol. The summed E-state index contributed by atoms with van der Waals surface area (Å²) < 4.78 is 1.41. The Morgan fingerprint density at radius 2 is 2.07 bits per heavy atom. The molecule has 14 heavy (non-hydrogen) atoms. The lowest BCUT2D eigenvalue weighted by Crippen LogP contribution is -2.01. The molecule has 6 heteroatoms. The summed E-state index contributed by atoms with van der Waals surface area (Å²) in [6, 6.07) is 1.41. The van der Waals surface area contributed by atoms with Gasteiger partial charge in [-0.2, -0.15) is 5.10 Å². The molecule has 0 aliphatic heterocycles. The number of aromatic carboxylic acids is 1. The number of aromatic nitrogens is 4. The van der Waals surface area contributed by atoms with Crippen LogP contribution in [0.5, 0.6) is 0 Å². The second kappa shape index (κ2) is 3.25. The van der Waals surface area contributed by atoms with Gasteiger partial charge >= 0.3 is 5.97 Å². The molecule has 0 bridgehead atoms. The Balaban J connectivity index is 2.39. The average molecular weight is 190 g/mol. The quantitative estimate of drug-likeness (QED) is 0.739. The van der Waals surface area contributed by atoms with Gasteiger partial charge in [0.25, 0.3) is 0 Å². The molecule has 0 atom stereocenters. The van der Waals surface area contributed by atoms with Gasteiger partial charge in [-0.3, -0.25) is 0 Å². The Labute approximate surface area is 78.9 Å². The molecule has 2 heterocycles. The molecular weight excluding hydrogens is 184 g/mol. The SMILES string of the molecule is O=C(O)c1ccn(-c2cncnc2)n1. The fourth-order valence-electron chi connectivity index (χ4n) is 0.991. The third-order valence-electron chi connectivity index (χ3n) is 1.62. The third kappa shape index (κ3) is 1.45. The van der Waals surface area contributed by atoms with E-state index in [1.807, 2.05) is 0 Å².